The highest BCUT2D eigenvalue weighted by molar-refractivity contribution is 8.13. The molecule has 1 aliphatic rings. The molecule has 0 radical (unpaired) electrons. The summed E-state index contributed by atoms with van der Waals surface area (Å²) in [6, 6.07) is 10.2. The van der Waals surface area contributed by atoms with Crippen molar-refractivity contribution in [1.82, 2.24) is 4.90 Å². The highest BCUT2D eigenvalue weighted by Crippen LogP contribution is 2.27. The molecule has 2 aromatic carbocycles. The standard InChI is InChI=1S/C17H13ClFN3O3S/c18-14-5-4-12(9-15(14)22(24)25)16(23)21-7-6-20-17(21)26-10-11-2-1-3-13(19)8-11/h1-5,8-9H,6-7,10H2. The van der Waals surface area contributed by atoms with Gasteiger partial charge in [-0.3, -0.25) is 24.8 Å². The average Bonchev–Trinajstić information content (AvgIpc) is 3.08. The quantitative estimate of drug-likeness (QED) is 0.578. The lowest BCUT2D eigenvalue weighted by Gasteiger charge is -2.18. The van der Waals surface area contributed by atoms with Crippen molar-refractivity contribution in [2.75, 3.05) is 13.1 Å². The van der Waals surface area contributed by atoms with Crippen LogP contribution in [0.4, 0.5) is 10.1 Å². The van der Waals surface area contributed by atoms with Gasteiger partial charge in [-0.25, -0.2) is 4.39 Å². The predicted octanol–water partition coefficient (Wildman–Crippen LogP) is 4.13. The number of nitro benzene ring substituents is 1. The number of hydrogen-bond acceptors (Lipinski definition) is 5. The number of thioether (sulfide) groups is 1. The van der Waals surface area contributed by atoms with Gasteiger partial charge in [0, 0.05) is 23.9 Å². The Morgan fingerprint density at radius 1 is 1.35 bits per heavy atom. The molecule has 0 saturated carbocycles. The molecular weight excluding hydrogens is 381 g/mol. The van der Waals surface area contributed by atoms with E-state index in [9.17, 15) is 19.3 Å². The maximum Gasteiger partial charge on any atom is 0.288 e. The van der Waals surface area contributed by atoms with Crippen LogP contribution in [0, 0.1) is 15.9 Å². The maximum absolute atomic E-state index is 13.3. The molecule has 0 atom stereocenters. The van der Waals surface area contributed by atoms with Crippen molar-refractivity contribution in [3.05, 3.63) is 74.5 Å². The van der Waals surface area contributed by atoms with Crippen LogP contribution in [0.1, 0.15) is 15.9 Å². The van der Waals surface area contributed by atoms with Crippen LogP contribution in [-0.2, 0) is 5.75 Å². The summed E-state index contributed by atoms with van der Waals surface area (Å²) in [5, 5.41) is 11.5. The van der Waals surface area contributed by atoms with E-state index in [2.05, 4.69) is 4.99 Å². The van der Waals surface area contributed by atoms with E-state index < -0.39 is 4.92 Å². The van der Waals surface area contributed by atoms with Gasteiger partial charge in [0.2, 0.25) is 0 Å². The highest BCUT2D eigenvalue weighted by Gasteiger charge is 2.27. The van der Waals surface area contributed by atoms with E-state index in [0.717, 1.165) is 11.6 Å². The molecule has 3 rings (SSSR count). The third-order valence-electron chi connectivity index (χ3n) is 3.69. The summed E-state index contributed by atoms with van der Waals surface area (Å²) in [6.45, 7) is 0.841. The lowest BCUT2D eigenvalue weighted by molar-refractivity contribution is -0.384. The fourth-order valence-electron chi connectivity index (χ4n) is 2.45. The summed E-state index contributed by atoms with van der Waals surface area (Å²) >= 11 is 7.11. The molecule has 0 aromatic heterocycles. The van der Waals surface area contributed by atoms with E-state index in [1.165, 1.54) is 40.9 Å². The van der Waals surface area contributed by atoms with Crippen molar-refractivity contribution < 1.29 is 14.1 Å². The predicted molar refractivity (Wildman–Crippen MR) is 99.1 cm³/mol. The Bertz CT molecular complexity index is 907. The van der Waals surface area contributed by atoms with E-state index >= 15 is 0 Å². The Hall–Kier alpha value is -2.45. The summed E-state index contributed by atoms with van der Waals surface area (Å²) in [7, 11) is 0. The minimum Gasteiger partial charge on any atom is -0.286 e. The molecule has 0 saturated heterocycles. The molecule has 0 spiro atoms. The molecule has 1 heterocycles. The topological polar surface area (TPSA) is 75.8 Å². The number of nitro groups is 1. The molecule has 0 N–H and O–H groups in total. The monoisotopic (exact) mass is 393 g/mol. The summed E-state index contributed by atoms with van der Waals surface area (Å²) in [6.07, 6.45) is 0. The number of carbonyl (C=O) groups is 1. The van der Waals surface area contributed by atoms with E-state index in [1.54, 1.807) is 12.1 Å². The van der Waals surface area contributed by atoms with Crippen LogP contribution in [0.5, 0.6) is 0 Å². The second-order valence-electron chi connectivity index (χ2n) is 5.46. The fourth-order valence-corrected chi connectivity index (χ4v) is 3.63. The van der Waals surface area contributed by atoms with Crippen LogP contribution in [0.2, 0.25) is 5.02 Å². The Kier molecular flexibility index (Phi) is 5.53. The van der Waals surface area contributed by atoms with Crippen molar-refractivity contribution in [3.8, 4) is 0 Å². The van der Waals surface area contributed by atoms with Gasteiger partial charge in [-0.1, -0.05) is 35.5 Å². The van der Waals surface area contributed by atoms with Crippen molar-refractivity contribution >= 4 is 40.1 Å². The molecule has 9 heteroatoms. The third-order valence-corrected chi connectivity index (χ3v) is 5.10. The summed E-state index contributed by atoms with van der Waals surface area (Å²) in [5.74, 6) is -0.244. The Morgan fingerprint density at radius 2 is 2.15 bits per heavy atom. The normalized spacial score (nSPS) is 13.6. The average molecular weight is 394 g/mol. The van der Waals surface area contributed by atoms with Crippen molar-refractivity contribution in [1.29, 1.82) is 0 Å². The first-order chi connectivity index (χ1) is 12.5. The molecule has 0 bridgehead atoms. The van der Waals surface area contributed by atoms with E-state index in [-0.39, 0.29) is 28.0 Å². The van der Waals surface area contributed by atoms with Gasteiger partial charge in [-0.05, 0) is 29.8 Å². The number of amidine groups is 1. The van der Waals surface area contributed by atoms with E-state index in [1.807, 2.05) is 0 Å². The van der Waals surface area contributed by atoms with E-state index in [0.29, 0.717) is 24.0 Å². The fraction of sp³-hybridized carbons (Fsp3) is 0.176. The van der Waals surface area contributed by atoms with Crippen LogP contribution < -0.4 is 0 Å². The molecule has 1 amide bonds. The highest BCUT2D eigenvalue weighted by atomic mass is 35.5. The minimum atomic E-state index is -0.628. The second kappa shape index (κ2) is 7.84. The molecule has 6 nitrogen and oxygen atoms in total. The largest absolute Gasteiger partial charge is 0.288 e. The van der Waals surface area contributed by atoms with E-state index in [4.69, 9.17) is 11.6 Å². The van der Waals surface area contributed by atoms with Crippen LogP contribution in [0.15, 0.2) is 47.5 Å². The van der Waals surface area contributed by atoms with Gasteiger partial charge < -0.3 is 0 Å². The number of benzene rings is 2. The zero-order valence-electron chi connectivity index (χ0n) is 13.4. The summed E-state index contributed by atoms with van der Waals surface area (Å²) in [4.78, 5) is 28.9. The number of carbonyl (C=O) groups excluding carboxylic acids is 1. The first-order valence-corrected chi connectivity index (χ1v) is 8.99. The lowest BCUT2D eigenvalue weighted by atomic mass is 10.2. The van der Waals surface area contributed by atoms with Crippen molar-refractivity contribution in [3.63, 3.8) is 0 Å². The number of amides is 1. The first-order valence-electron chi connectivity index (χ1n) is 7.63. The number of rotatable bonds is 4. The van der Waals surface area contributed by atoms with Gasteiger partial charge in [-0.2, -0.15) is 0 Å². The Balaban J connectivity index is 1.74. The van der Waals surface area contributed by atoms with Crippen molar-refractivity contribution in [2.45, 2.75) is 5.75 Å². The number of aliphatic imine (C=N–C) groups is 1. The van der Waals surface area contributed by atoms with Crippen LogP contribution in [0.3, 0.4) is 0 Å². The first kappa shape index (κ1) is 18.3. The van der Waals surface area contributed by atoms with Gasteiger partial charge in [0.15, 0.2) is 5.17 Å². The third kappa shape index (κ3) is 4.03. The molecule has 2 aromatic rings. The number of hydrogen-bond donors (Lipinski definition) is 0. The molecule has 0 fully saturated rings. The number of halogens is 2. The molecule has 0 aliphatic carbocycles. The SMILES string of the molecule is O=C(c1ccc(Cl)c([N+](=O)[O-])c1)N1CCN=C1SCc1cccc(F)c1. The van der Waals surface area contributed by atoms with Crippen LogP contribution >= 0.6 is 23.4 Å². The van der Waals surface area contributed by atoms with Gasteiger partial charge in [0.25, 0.3) is 11.6 Å². The second-order valence-corrected chi connectivity index (χ2v) is 6.81. The van der Waals surface area contributed by atoms with Gasteiger partial charge in [0.1, 0.15) is 10.8 Å². The minimum absolute atomic E-state index is 0.0256. The number of nitrogens with zero attached hydrogens (tertiary/aromatic N) is 3. The van der Waals surface area contributed by atoms with Crippen LogP contribution in [0.25, 0.3) is 0 Å². The molecule has 1 aliphatic heterocycles. The van der Waals surface area contributed by atoms with Crippen LogP contribution in [-0.4, -0.2) is 34.0 Å². The van der Waals surface area contributed by atoms with Gasteiger partial charge >= 0.3 is 0 Å². The smallest absolute Gasteiger partial charge is 0.286 e. The Morgan fingerprint density at radius 3 is 2.88 bits per heavy atom. The summed E-state index contributed by atoms with van der Waals surface area (Å²) < 4.78 is 13.3. The lowest BCUT2D eigenvalue weighted by Crippen LogP contribution is -2.32. The molecule has 26 heavy (non-hydrogen) atoms. The van der Waals surface area contributed by atoms with Crippen molar-refractivity contribution in [2.24, 2.45) is 4.99 Å². The maximum atomic E-state index is 13.3. The molecule has 0 unspecified atom stereocenters. The van der Waals surface area contributed by atoms with Gasteiger partial charge in [-0.15, -0.1) is 0 Å². The molecule has 134 valence electrons. The zero-order valence-corrected chi connectivity index (χ0v) is 15.0. The molecular formula is C17H13ClFN3O3S. The summed E-state index contributed by atoms with van der Waals surface area (Å²) in [5.41, 5.74) is 0.629. The van der Waals surface area contributed by atoms with Gasteiger partial charge in [0.05, 0.1) is 11.5 Å². The zero-order chi connectivity index (χ0) is 18.7. The Labute approximate surface area is 157 Å².